The van der Waals surface area contributed by atoms with Crippen molar-refractivity contribution in [3.8, 4) is 0 Å². The molecule has 4 nitrogen and oxygen atoms in total. The van der Waals surface area contributed by atoms with Crippen molar-refractivity contribution in [1.29, 1.82) is 0 Å². The monoisotopic (exact) mass is 263 g/mol. The van der Waals surface area contributed by atoms with E-state index < -0.39 is 17.6 Å². The number of imide groups is 1. The number of halogens is 1. The summed E-state index contributed by atoms with van der Waals surface area (Å²) in [5.74, 6) is -0.487. The summed E-state index contributed by atoms with van der Waals surface area (Å²) >= 11 is 3.11. The van der Waals surface area contributed by atoms with Crippen LogP contribution in [0.2, 0.25) is 0 Å². The molecule has 0 heterocycles. The van der Waals surface area contributed by atoms with E-state index >= 15 is 0 Å². The predicted molar refractivity (Wildman–Crippen MR) is 57.3 cm³/mol. The second-order valence-corrected chi connectivity index (χ2v) is 4.20. The highest BCUT2D eigenvalue weighted by Gasteiger charge is 2.16. The Hall–Kier alpha value is -0.840. The van der Waals surface area contributed by atoms with Crippen LogP contribution in [-0.4, -0.2) is 22.9 Å². The van der Waals surface area contributed by atoms with Gasteiger partial charge in [0.05, 0.1) is 0 Å². The highest BCUT2D eigenvalue weighted by molar-refractivity contribution is 9.09. The average molecular weight is 264 g/mol. The van der Waals surface area contributed by atoms with Crippen molar-refractivity contribution in [2.24, 2.45) is 0 Å². The maximum Gasteiger partial charge on any atom is 0.414 e. The molecule has 0 saturated heterocycles. The molecule has 0 aromatic carbocycles. The standard InChI is InChI=1S/C9H14BrNO3/c1-9(2,3)14-8(13)11-7(12)5-4-6-10/h4-5H,6H2,1-3H3,(H,11,12,13). The lowest BCUT2D eigenvalue weighted by molar-refractivity contribution is -0.116. The van der Waals surface area contributed by atoms with Crippen molar-refractivity contribution in [1.82, 2.24) is 5.32 Å². The number of amides is 2. The number of carbonyl (C=O) groups excluding carboxylic acids is 2. The van der Waals surface area contributed by atoms with E-state index in [0.717, 1.165) is 0 Å². The maximum absolute atomic E-state index is 11.0. The van der Waals surface area contributed by atoms with Crippen LogP contribution < -0.4 is 5.32 Å². The van der Waals surface area contributed by atoms with Crippen molar-refractivity contribution < 1.29 is 14.3 Å². The highest BCUT2D eigenvalue weighted by Crippen LogP contribution is 2.06. The molecule has 5 heteroatoms. The molecule has 0 aliphatic carbocycles. The van der Waals surface area contributed by atoms with Crippen molar-refractivity contribution in [3.05, 3.63) is 12.2 Å². The number of allylic oxidation sites excluding steroid dienone is 1. The van der Waals surface area contributed by atoms with E-state index in [0.29, 0.717) is 5.33 Å². The van der Waals surface area contributed by atoms with Crippen molar-refractivity contribution in [2.45, 2.75) is 26.4 Å². The van der Waals surface area contributed by atoms with Gasteiger partial charge in [0.2, 0.25) is 0 Å². The molecule has 0 aliphatic rings. The Balaban J connectivity index is 3.95. The number of hydrogen-bond donors (Lipinski definition) is 1. The number of alkyl halides is 1. The third kappa shape index (κ3) is 7.79. The molecule has 1 N–H and O–H groups in total. The number of alkyl carbamates (subject to hydrolysis) is 1. The van der Waals surface area contributed by atoms with Crippen LogP contribution in [0.4, 0.5) is 4.79 Å². The molecule has 0 aromatic heterocycles. The van der Waals surface area contributed by atoms with E-state index in [-0.39, 0.29) is 0 Å². The summed E-state index contributed by atoms with van der Waals surface area (Å²) < 4.78 is 4.87. The zero-order valence-corrected chi connectivity index (χ0v) is 10.1. The van der Waals surface area contributed by atoms with Gasteiger partial charge >= 0.3 is 6.09 Å². The average Bonchev–Trinajstić information content (AvgIpc) is 1.96. The molecule has 0 aliphatic heterocycles. The molecule has 2 amide bonds. The fraction of sp³-hybridized carbons (Fsp3) is 0.556. The number of carbonyl (C=O) groups is 2. The fourth-order valence-electron chi connectivity index (χ4n) is 0.597. The van der Waals surface area contributed by atoms with Gasteiger partial charge in [-0.2, -0.15) is 0 Å². The van der Waals surface area contributed by atoms with Gasteiger partial charge in [0.15, 0.2) is 0 Å². The van der Waals surface area contributed by atoms with Gasteiger partial charge in [-0.1, -0.05) is 22.0 Å². The van der Waals surface area contributed by atoms with Gasteiger partial charge in [0.1, 0.15) is 5.60 Å². The largest absolute Gasteiger partial charge is 0.444 e. The summed E-state index contributed by atoms with van der Waals surface area (Å²) in [4.78, 5) is 22.0. The second kappa shape index (κ2) is 5.80. The Bertz CT molecular complexity index is 243. The summed E-state index contributed by atoms with van der Waals surface area (Å²) in [6.07, 6.45) is 2.11. The van der Waals surface area contributed by atoms with Crippen LogP contribution >= 0.6 is 15.9 Å². The SMILES string of the molecule is CC(C)(C)OC(=O)NC(=O)C=CCBr. The van der Waals surface area contributed by atoms with Crippen LogP contribution in [-0.2, 0) is 9.53 Å². The molecule has 0 rings (SSSR count). The molecule has 0 fully saturated rings. The summed E-state index contributed by atoms with van der Waals surface area (Å²) in [7, 11) is 0. The Kier molecular flexibility index (Phi) is 5.45. The fourth-order valence-corrected chi connectivity index (χ4v) is 0.784. The van der Waals surface area contributed by atoms with Crippen molar-refractivity contribution in [2.75, 3.05) is 5.33 Å². The smallest absolute Gasteiger partial charge is 0.414 e. The molecule has 0 radical (unpaired) electrons. The first-order chi connectivity index (χ1) is 6.35. The molecule has 0 atom stereocenters. The first-order valence-corrected chi connectivity index (χ1v) is 5.24. The van der Waals surface area contributed by atoms with Gasteiger partial charge < -0.3 is 4.74 Å². The Morgan fingerprint density at radius 3 is 2.43 bits per heavy atom. The first kappa shape index (κ1) is 13.2. The van der Waals surface area contributed by atoms with Gasteiger partial charge in [-0.15, -0.1) is 0 Å². The molecular weight excluding hydrogens is 250 g/mol. The van der Waals surface area contributed by atoms with Crippen LogP contribution in [0.25, 0.3) is 0 Å². The number of rotatable bonds is 2. The highest BCUT2D eigenvalue weighted by atomic mass is 79.9. The normalized spacial score (nSPS) is 11.4. The summed E-state index contributed by atoms with van der Waals surface area (Å²) in [6.45, 7) is 5.18. The minimum Gasteiger partial charge on any atom is -0.444 e. The molecule has 14 heavy (non-hydrogen) atoms. The topological polar surface area (TPSA) is 55.4 Å². The van der Waals surface area contributed by atoms with Gasteiger partial charge in [0, 0.05) is 11.4 Å². The van der Waals surface area contributed by atoms with Crippen LogP contribution in [0.1, 0.15) is 20.8 Å². The van der Waals surface area contributed by atoms with Crippen molar-refractivity contribution >= 4 is 27.9 Å². The molecular formula is C9H14BrNO3. The third-order valence-corrected chi connectivity index (χ3v) is 1.36. The van der Waals surface area contributed by atoms with E-state index in [9.17, 15) is 9.59 Å². The predicted octanol–water partition coefficient (Wildman–Crippen LogP) is 1.99. The van der Waals surface area contributed by atoms with Gasteiger partial charge in [-0.05, 0) is 20.8 Å². The summed E-state index contributed by atoms with van der Waals surface area (Å²) in [5.41, 5.74) is -0.594. The Morgan fingerprint density at radius 2 is 2.00 bits per heavy atom. The minimum absolute atomic E-state index is 0.487. The molecule has 0 aromatic rings. The second-order valence-electron chi connectivity index (χ2n) is 3.55. The van der Waals surface area contributed by atoms with Gasteiger partial charge in [-0.25, -0.2) is 4.79 Å². The van der Waals surface area contributed by atoms with Crippen molar-refractivity contribution in [3.63, 3.8) is 0 Å². The van der Waals surface area contributed by atoms with E-state index in [4.69, 9.17) is 4.74 Å². The zero-order valence-electron chi connectivity index (χ0n) is 8.46. The van der Waals surface area contributed by atoms with Gasteiger partial charge in [-0.3, -0.25) is 10.1 Å². The number of nitrogens with one attached hydrogen (secondary N) is 1. The molecule has 0 bridgehead atoms. The number of ether oxygens (including phenoxy) is 1. The van der Waals surface area contributed by atoms with Crippen LogP contribution in [0.3, 0.4) is 0 Å². The minimum atomic E-state index is -0.735. The lowest BCUT2D eigenvalue weighted by atomic mass is 10.2. The van der Waals surface area contributed by atoms with E-state index in [2.05, 4.69) is 21.2 Å². The summed E-state index contributed by atoms with van der Waals surface area (Å²) in [6, 6.07) is 0. The summed E-state index contributed by atoms with van der Waals surface area (Å²) in [5, 5.41) is 2.63. The number of hydrogen-bond acceptors (Lipinski definition) is 3. The maximum atomic E-state index is 11.0. The van der Waals surface area contributed by atoms with Crippen LogP contribution in [0, 0.1) is 0 Å². The zero-order chi connectivity index (χ0) is 11.2. The Morgan fingerprint density at radius 1 is 1.43 bits per heavy atom. The molecule has 80 valence electrons. The van der Waals surface area contributed by atoms with Crippen LogP contribution in [0.15, 0.2) is 12.2 Å². The van der Waals surface area contributed by atoms with Gasteiger partial charge in [0.25, 0.3) is 5.91 Å². The van der Waals surface area contributed by atoms with E-state index in [1.807, 2.05) is 0 Å². The molecule has 0 unspecified atom stereocenters. The van der Waals surface area contributed by atoms with E-state index in [1.54, 1.807) is 26.8 Å². The van der Waals surface area contributed by atoms with E-state index in [1.165, 1.54) is 6.08 Å². The first-order valence-electron chi connectivity index (χ1n) is 4.11. The molecule has 0 saturated carbocycles. The quantitative estimate of drug-likeness (QED) is 0.613. The lowest BCUT2D eigenvalue weighted by Crippen LogP contribution is -2.35. The lowest BCUT2D eigenvalue weighted by Gasteiger charge is -2.18. The van der Waals surface area contributed by atoms with Crippen LogP contribution in [0.5, 0.6) is 0 Å². The molecule has 0 spiro atoms. The third-order valence-electron chi connectivity index (χ3n) is 0.982. The Labute approximate surface area is 91.8 Å².